The number of nitrogens with one attached hydrogen (secondary N) is 1. The third-order valence-corrected chi connectivity index (χ3v) is 3.13. The minimum Gasteiger partial charge on any atom is -0.465 e. The van der Waals surface area contributed by atoms with Gasteiger partial charge in [-0.1, -0.05) is 12.1 Å². The highest BCUT2D eigenvalue weighted by atomic mass is 16.5. The number of carbonyl (C=O) groups excluding carboxylic acids is 1. The van der Waals surface area contributed by atoms with Crippen molar-refractivity contribution >= 4 is 23.0 Å². The molecule has 0 unspecified atom stereocenters. The molecule has 0 saturated heterocycles. The van der Waals surface area contributed by atoms with Crippen molar-refractivity contribution in [2.75, 3.05) is 18.2 Å². The van der Waals surface area contributed by atoms with E-state index in [4.69, 9.17) is 5.73 Å². The summed E-state index contributed by atoms with van der Waals surface area (Å²) < 4.78 is 4.64. The highest BCUT2D eigenvalue weighted by molar-refractivity contribution is 5.92. The summed E-state index contributed by atoms with van der Waals surface area (Å²) in [7, 11) is 1.32. The number of ether oxygens (including phenoxy) is 1. The molecule has 0 amide bonds. The molecule has 2 aromatic carbocycles. The van der Waals surface area contributed by atoms with Gasteiger partial charge in [0, 0.05) is 0 Å². The fraction of sp³-hybridized carbons (Fsp3) is 0.125. The lowest BCUT2D eigenvalue weighted by molar-refractivity contribution is 0.0601. The lowest BCUT2D eigenvalue weighted by Gasteiger charge is -2.12. The monoisotopic (exact) mass is 281 g/mol. The molecule has 3 N–H and O–H groups in total. The Morgan fingerprint density at radius 3 is 2.67 bits per heavy atom. The molecule has 0 aromatic heterocycles. The first-order valence-corrected chi connectivity index (χ1v) is 6.31. The largest absolute Gasteiger partial charge is 0.465 e. The van der Waals surface area contributed by atoms with Crippen molar-refractivity contribution in [1.29, 1.82) is 5.26 Å². The van der Waals surface area contributed by atoms with Crippen molar-refractivity contribution in [3.05, 3.63) is 53.1 Å². The van der Waals surface area contributed by atoms with E-state index in [-0.39, 0.29) is 0 Å². The van der Waals surface area contributed by atoms with Gasteiger partial charge in [-0.05, 0) is 36.8 Å². The maximum Gasteiger partial charge on any atom is 0.337 e. The molecule has 0 spiro atoms. The molecule has 2 rings (SSSR count). The Balaban J connectivity index is 2.35. The third kappa shape index (κ3) is 2.95. The first-order chi connectivity index (χ1) is 10.1. The normalized spacial score (nSPS) is 9.76. The number of anilines is 3. The third-order valence-electron chi connectivity index (χ3n) is 3.13. The second-order valence-corrected chi connectivity index (χ2v) is 4.53. The number of hydrogen-bond donors (Lipinski definition) is 2. The zero-order valence-corrected chi connectivity index (χ0v) is 11.8. The summed E-state index contributed by atoms with van der Waals surface area (Å²) in [4.78, 5) is 11.4. The lowest BCUT2D eigenvalue weighted by atomic mass is 10.1. The zero-order chi connectivity index (χ0) is 15.4. The van der Waals surface area contributed by atoms with E-state index in [2.05, 4.69) is 16.1 Å². The molecule has 0 aliphatic carbocycles. The van der Waals surface area contributed by atoms with Crippen molar-refractivity contribution in [3.8, 4) is 6.07 Å². The summed E-state index contributed by atoms with van der Waals surface area (Å²) >= 11 is 0. The Hall–Kier alpha value is -3.00. The van der Waals surface area contributed by atoms with Crippen LogP contribution in [0.25, 0.3) is 0 Å². The van der Waals surface area contributed by atoms with Crippen LogP contribution in [0.1, 0.15) is 21.5 Å². The minimum atomic E-state index is -0.443. The van der Waals surface area contributed by atoms with Crippen LogP contribution in [0.3, 0.4) is 0 Å². The molecule has 5 heteroatoms. The molecule has 0 fully saturated rings. The van der Waals surface area contributed by atoms with Crippen molar-refractivity contribution in [2.24, 2.45) is 0 Å². The topological polar surface area (TPSA) is 88.1 Å². The summed E-state index contributed by atoms with van der Waals surface area (Å²) in [6.07, 6.45) is 0. The van der Waals surface area contributed by atoms with Gasteiger partial charge in [0.25, 0.3) is 0 Å². The number of rotatable bonds is 3. The second-order valence-electron chi connectivity index (χ2n) is 4.53. The molecule has 0 bridgehead atoms. The maximum absolute atomic E-state index is 11.4. The second kappa shape index (κ2) is 5.97. The highest BCUT2D eigenvalue weighted by Gasteiger charge is 2.10. The quantitative estimate of drug-likeness (QED) is 0.667. The number of nitriles is 1. The number of aryl methyl sites for hydroxylation is 1. The maximum atomic E-state index is 11.4. The highest BCUT2D eigenvalue weighted by Crippen LogP contribution is 2.27. The van der Waals surface area contributed by atoms with Gasteiger partial charge < -0.3 is 15.8 Å². The number of benzene rings is 2. The molecule has 5 nitrogen and oxygen atoms in total. The molecule has 0 saturated carbocycles. The Morgan fingerprint density at radius 2 is 2.05 bits per heavy atom. The summed E-state index contributed by atoms with van der Waals surface area (Å²) in [5.41, 5.74) is 9.47. The van der Waals surface area contributed by atoms with Gasteiger partial charge in [0.05, 0.1) is 35.3 Å². The molecule has 0 radical (unpaired) electrons. The van der Waals surface area contributed by atoms with E-state index >= 15 is 0 Å². The first kappa shape index (κ1) is 14.4. The van der Waals surface area contributed by atoms with Gasteiger partial charge in [-0.15, -0.1) is 0 Å². The molecular formula is C16H15N3O2. The van der Waals surface area contributed by atoms with E-state index in [0.29, 0.717) is 28.2 Å². The fourth-order valence-corrected chi connectivity index (χ4v) is 1.99. The summed E-state index contributed by atoms with van der Waals surface area (Å²) in [5.74, 6) is -0.443. The van der Waals surface area contributed by atoms with Crippen LogP contribution in [0.4, 0.5) is 17.1 Å². The fourth-order valence-electron chi connectivity index (χ4n) is 1.99. The van der Waals surface area contributed by atoms with E-state index in [9.17, 15) is 10.1 Å². The Bertz CT molecular complexity index is 733. The predicted molar refractivity (Wildman–Crippen MR) is 81.4 cm³/mol. The smallest absolute Gasteiger partial charge is 0.337 e. The number of hydrogen-bond acceptors (Lipinski definition) is 5. The van der Waals surface area contributed by atoms with Crippen molar-refractivity contribution in [3.63, 3.8) is 0 Å². The average Bonchev–Trinajstić information content (AvgIpc) is 2.48. The van der Waals surface area contributed by atoms with E-state index < -0.39 is 5.97 Å². The van der Waals surface area contributed by atoms with Gasteiger partial charge >= 0.3 is 5.97 Å². The number of nitrogens with two attached hydrogens (primary N) is 1. The van der Waals surface area contributed by atoms with Gasteiger partial charge in [-0.2, -0.15) is 5.26 Å². The summed E-state index contributed by atoms with van der Waals surface area (Å²) in [5, 5.41) is 12.3. The predicted octanol–water partition coefficient (Wildman–Crippen LogP) is 2.98. The number of esters is 1. The van der Waals surface area contributed by atoms with Gasteiger partial charge in [-0.25, -0.2) is 4.79 Å². The minimum absolute atomic E-state index is 0.380. The SMILES string of the molecule is COC(=O)c1ccc(Nc2cccc(C)c2C#N)c(N)c1. The molecular weight excluding hydrogens is 266 g/mol. The molecule has 0 atom stereocenters. The van der Waals surface area contributed by atoms with Crippen LogP contribution in [0.15, 0.2) is 36.4 Å². The van der Waals surface area contributed by atoms with Crippen molar-refractivity contribution in [1.82, 2.24) is 0 Å². The van der Waals surface area contributed by atoms with Crippen LogP contribution in [0, 0.1) is 18.3 Å². The van der Waals surface area contributed by atoms with Crippen LogP contribution in [-0.2, 0) is 4.74 Å². The Morgan fingerprint density at radius 1 is 1.29 bits per heavy atom. The Kier molecular flexibility index (Phi) is 4.10. The van der Waals surface area contributed by atoms with Gasteiger partial charge in [0.15, 0.2) is 0 Å². The lowest BCUT2D eigenvalue weighted by Crippen LogP contribution is -2.04. The summed E-state index contributed by atoms with van der Waals surface area (Å²) in [6.45, 7) is 1.87. The number of nitrogen functional groups attached to an aromatic ring is 1. The van der Waals surface area contributed by atoms with E-state index in [1.54, 1.807) is 18.2 Å². The van der Waals surface area contributed by atoms with E-state index in [0.717, 1.165) is 5.56 Å². The Labute approximate surface area is 123 Å². The standard InChI is InChI=1S/C16H15N3O2/c1-10-4-3-5-14(12(10)9-17)19-15-7-6-11(8-13(15)18)16(20)21-2/h3-8,19H,18H2,1-2H3. The molecule has 106 valence electrons. The average molecular weight is 281 g/mol. The van der Waals surface area contributed by atoms with Crippen LogP contribution >= 0.6 is 0 Å². The molecule has 21 heavy (non-hydrogen) atoms. The number of carbonyl (C=O) groups is 1. The van der Waals surface area contributed by atoms with Crippen molar-refractivity contribution < 1.29 is 9.53 Å². The van der Waals surface area contributed by atoms with Gasteiger partial charge in [0.2, 0.25) is 0 Å². The number of nitrogens with zero attached hydrogens (tertiary/aromatic N) is 1. The van der Waals surface area contributed by atoms with Crippen LogP contribution in [0.5, 0.6) is 0 Å². The van der Waals surface area contributed by atoms with Crippen LogP contribution in [-0.4, -0.2) is 13.1 Å². The van der Waals surface area contributed by atoms with Crippen molar-refractivity contribution in [2.45, 2.75) is 6.92 Å². The van der Waals surface area contributed by atoms with Gasteiger partial charge in [0.1, 0.15) is 6.07 Å². The molecule has 0 aliphatic rings. The summed E-state index contributed by atoms with van der Waals surface area (Å²) in [6, 6.07) is 12.5. The number of methoxy groups -OCH3 is 1. The zero-order valence-electron chi connectivity index (χ0n) is 11.8. The van der Waals surface area contributed by atoms with Gasteiger partial charge in [-0.3, -0.25) is 0 Å². The molecule has 0 aliphatic heterocycles. The molecule has 2 aromatic rings. The molecule has 0 heterocycles. The van der Waals surface area contributed by atoms with Crippen LogP contribution in [0.2, 0.25) is 0 Å². The van der Waals surface area contributed by atoms with E-state index in [1.165, 1.54) is 13.2 Å². The van der Waals surface area contributed by atoms with Crippen LogP contribution < -0.4 is 11.1 Å². The first-order valence-electron chi connectivity index (χ1n) is 6.31. The van der Waals surface area contributed by atoms with E-state index in [1.807, 2.05) is 19.1 Å².